The molecule has 18 heavy (non-hydrogen) atoms. The molecule has 2 unspecified atom stereocenters. The number of benzene rings is 1. The topological polar surface area (TPSA) is 58.4 Å². The molecule has 2 rings (SSSR count). The van der Waals surface area contributed by atoms with Crippen molar-refractivity contribution in [2.24, 2.45) is 11.8 Å². The zero-order chi connectivity index (χ0) is 13.3. The van der Waals surface area contributed by atoms with Crippen LogP contribution in [0.5, 0.6) is 0 Å². The Kier molecular flexibility index (Phi) is 3.45. The Bertz CT molecular complexity index is 456. The third kappa shape index (κ3) is 2.75. The van der Waals surface area contributed by atoms with Gasteiger partial charge < -0.3 is 16.0 Å². The molecule has 0 aromatic heterocycles. The van der Waals surface area contributed by atoms with Gasteiger partial charge in [-0.2, -0.15) is 0 Å². The number of nitrogens with zero attached hydrogens (tertiary/aromatic N) is 1. The van der Waals surface area contributed by atoms with Gasteiger partial charge in [0.05, 0.1) is 11.4 Å². The quantitative estimate of drug-likeness (QED) is 0.800. The van der Waals surface area contributed by atoms with E-state index in [0.717, 1.165) is 24.1 Å². The van der Waals surface area contributed by atoms with E-state index in [4.69, 9.17) is 5.73 Å². The van der Waals surface area contributed by atoms with Gasteiger partial charge in [-0.3, -0.25) is 4.79 Å². The van der Waals surface area contributed by atoms with Crippen LogP contribution in [0.4, 0.5) is 11.4 Å². The Hall–Kier alpha value is -1.71. The highest BCUT2D eigenvalue weighted by Crippen LogP contribution is 2.37. The standard InChI is InChI=1S/C14H21N3O/c1-9-6-11(9)8-16-13-7-10(4-5-12(13)15)14(18)17(2)3/h4-5,7,9,11,16H,6,8,15H2,1-3H3. The van der Waals surface area contributed by atoms with E-state index < -0.39 is 0 Å². The first kappa shape index (κ1) is 12.7. The molecule has 98 valence electrons. The van der Waals surface area contributed by atoms with Crippen molar-refractivity contribution >= 4 is 17.3 Å². The molecule has 0 saturated heterocycles. The average molecular weight is 247 g/mol. The van der Waals surface area contributed by atoms with Crippen LogP contribution in [0.1, 0.15) is 23.7 Å². The second-order valence-corrected chi connectivity index (χ2v) is 5.36. The number of hydrogen-bond donors (Lipinski definition) is 2. The molecule has 1 aromatic carbocycles. The van der Waals surface area contributed by atoms with Crippen LogP contribution in [0.3, 0.4) is 0 Å². The lowest BCUT2D eigenvalue weighted by molar-refractivity contribution is 0.0827. The molecule has 4 nitrogen and oxygen atoms in total. The molecule has 1 amide bonds. The Labute approximate surface area is 108 Å². The molecule has 0 spiro atoms. The van der Waals surface area contributed by atoms with Gasteiger partial charge in [0.25, 0.3) is 5.91 Å². The van der Waals surface area contributed by atoms with Gasteiger partial charge in [0.15, 0.2) is 0 Å². The SMILES string of the molecule is CC1CC1CNc1cc(C(=O)N(C)C)ccc1N. The van der Waals surface area contributed by atoms with Crippen molar-refractivity contribution in [2.45, 2.75) is 13.3 Å². The first-order valence-electron chi connectivity index (χ1n) is 6.34. The van der Waals surface area contributed by atoms with E-state index in [1.807, 2.05) is 6.07 Å². The monoisotopic (exact) mass is 247 g/mol. The smallest absolute Gasteiger partial charge is 0.253 e. The van der Waals surface area contributed by atoms with Crippen molar-refractivity contribution in [2.75, 3.05) is 31.7 Å². The van der Waals surface area contributed by atoms with Gasteiger partial charge in [0, 0.05) is 26.2 Å². The fourth-order valence-corrected chi connectivity index (χ4v) is 2.03. The number of rotatable bonds is 4. The molecular formula is C14H21N3O. The fraction of sp³-hybridized carbons (Fsp3) is 0.500. The molecule has 1 saturated carbocycles. The van der Waals surface area contributed by atoms with E-state index in [0.29, 0.717) is 11.3 Å². The Morgan fingerprint density at radius 2 is 2.17 bits per heavy atom. The minimum Gasteiger partial charge on any atom is -0.397 e. The molecule has 1 aliphatic rings. The molecule has 0 heterocycles. The van der Waals surface area contributed by atoms with E-state index in [-0.39, 0.29) is 5.91 Å². The molecule has 1 aliphatic carbocycles. The number of carbonyl (C=O) groups is 1. The lowest BCUT2D eigenvalue weighted by Gasteiger charge is -2.14. The van der Waals surface area contributed by atoms with Gasteiger partial charge in [-0.05, 0) is 36.5 Å². The van der Waals surface area contributed by atoms with Crippen molar-refractivity contribution < 1.29 is 4.79 Å². The third-order valence-corrected chi connectivity index (χ3v) is 3.54. The van der Waals surface area contributed by atoms with Gasteiger partial charge >= 0.3 is 0 Å². The maximum absolute atomic E-state index is 11.9. The molecule has 4 heteroatoms. The van der Waals surface area contributed by atoms with E-state index in [2.05, 4.69) is 12.2 Å². The number of nitrogen functional groups attached to an aromatic ring is 1. The van der Waals surface area contributed by atoms with Gasteiger partial charge in [-0.25, -0.2) is 0 Å². The fourth-order valence-electron chi connectivity index (χ4n) is 2.03. The highest BCUT2D eigenvalue weighted by Gasteiger charge is 2.31. The zero-order valence-corrected chi connectivity index (χ0v) is 11.2. The maximum Gasteiger partial charge on any atom is 0.253 e. The minimum atomic E-state index is -0.00200. The van der Waals surface area contributed by atoms with E-state index in [1.165, 1.54) is 6.42 Å². The Balaban J connectivity index is 2.08. The summed E-state index contributed by atoms with van der Waals surface area (Å²) < 4.78 is 0. The lowest BCUT2D eigenvalue weighted by atomic mass is 10.1. The Morgan fingerprint density at radius 3 is 2.72 bits per heavy atom. The molecule has 0 aliphatic heterocycles. The van der Waals surface area contributed by atoms with Gasteiger partial charge in [-0.1, -0.05) is 6.92 Å². The predicted molar refractivity (Wildman–Crippen MR) is 74.6 cm³/mol. The normalized spacial score (nSPS) is 21.5. The largest absolute Gasteiger partial charge is 0.397 e. The number of anilines is 2. The molecule has 3 N–H and O–H groups in total. The minimum absolute atomic E-state index is 0.00200. The first-order valence-corrected chi connectivity index (χ1v) is 6.34. The second kappa shape index (κ2) is 4.88. The molecule has 0 radical (unpaired) electrons. The summed E-state index contributed by atoms with van der Waals surface area (Å²) in [6, 6.07) is 5.39. The molecule has 2 atom stereocenters. The summed E-state index contributed by atoms with van der Waals surface area (Å²) in [5.74, 6) is 1.56. The summed E-state index contributed by atoms with van der Waals surface area (Å²) in [6.45, 7) is 3.19. The van der Waals surface area contributed by atoms with Crippen molar-refractivity contribution in [3.8, 4) is 0 Å². The number of carbonyl (C=O) groups excluding carboxylic acids is 1. The molecule has 1 fully saturated rings. The highest BCUT2D eigenvalue weighted by atomic mass is 16.2. The maximum atomic E-state index is 11.9. The summed E-state index contributed by atoms with van der Waals surface area (Å²) in [5, 5.41) is 3.34. The summed E-state index contributed by atoms with van der Waals surface area (Å²) >= 11 is 0. The second-order valence-electron chi connectivity index (χ2n) is 5.36. The average Bonchev–Trinajstić information content (AvgIpc) is 3.03. The van der Waals surface area contributed by atoms with Gasteiger partial charge in [0.2, 0.25) is 0 Å². The molecule has 0 bridgehead atoms. The summed E-state index contributed by atoms with van der Waals surface area (Å²) in [4.78, 5) is 13.4. The van der Waals surface area contributed by atoms with Crippen LogP contribution in [-0.2, 0) is 0 Å². The summed E-state index contributed by atoms with van der Waals surface area (Å²) in [5.41, 5.74) is 8.14. The highest BCUT2D eigenvalue weighted by molar-refractivity contribution is 5.95. The number of nitrogens with two attached hydrogens (primary N) is 1. The van der Waals surface area contributed by atoms with Crippen molar-refractivity contribution in [3.05, 3.63) is 23.8 Å². The van der Waals surface area contributed by atoms with Crippen LogP contribution < -0.4 is 11.1 Å². The van der Waals surface area contributed by atoms with Crippen LogP contribution in [0, 0.1) is 11.8 Å². The third-order valence-electron chi connectivity index (χ3n) is 3.54. The van der Waals surface area contributed by atoms with Crippen molar-refractivity contribution in [1.82, 2.24) is 4.90 Å². The molecular weight excluding hydrogens is 226 g/mol. The number of amides is 1. The van der Waals surface area contributed by atoms with Crippen LogP contribution in [-0.4, -0.2) is 31.4 Å². The first-order chi connectivity index (χ1) is 8.49. The van der Waals surface area contributed by atoms with Crippen molar-refractivity contribution in [1.29, 1.82) is 0 Å². The lowest BCUT2D eigenvalue weighted by Crippen LogP contribution is -2.22. The van der Waals surface area contributed by atoms with Crippen LogP contribution in [0.15, 0.2) is 18.2 Å². The summed E-state index contributed by atoms with van der Waals surface area (Å²) in [6.07, 6.45) is 1.28. The van der Waals surface area contributed by atoms with Crippen LogP contribution >= 0.6 is 0 Å². The van der Waals surface area contributed by atoms with Crippen LogP contribution in [0.2, 0.25) is 0 Å². The zero-order valence-electron chi connectivity index (χ0n) is 11.2. The van der Waals surface area contributed by atoms with Crippen LogP contribution in [0.25, 0.3) is 0 Å². The Morgan fingerprint density at radius 1 is 1.50 bits per heavy atom. The predicted octanol–water partition coefficient (Wildman–Crippen LogP) is 2.04. The van der Waals surface area contributed by atoms with E-state index in [1.54, 1.807) is 31.1 Å². The summed E-state index contributed by atoms with van der Waals surface area (Å²) in [7, 11) is 3.50. The number of nitrogens with one attached hydrogen (secondary N) is 1. The molecule has 1 aromatic rings. The van der Waals surface area contributed by atoms with Gasteiger partial charge in [-0.15, -0.1) is 0 Å². The number of hydrogen-bond acceptors (Lipinski definition) is 3. The van der Waals surface area contributed by atoms with E-state index >= 15 is 0 Å². The van der Waals surface area contributed by atoms with Crippen molar-refractivity contribution in [3.63, 3.8) is 0 Å². The van der Waals surface area contributed by atoms with E-state index in [9.17, 15) is 4.79 Å². The van der Waals surface area contributed by atoms with Gasteiger partial charge in [0.1, 0.15) is 0 Å².